The number of rotatable bonds is 9. The number of alkyl halides is 3. The molecular formula is C34H39F3N8O3. The zero-order valence-electron chi connectivity index (χ0n) is 26.8. The van der Waals surface area contributed by atoms with Crippen LogP contribution >= 0.6 is 0 Å². The lowest BCUT2D eigenvalue weighted by Crippen LogP contribution is -2.59. The van der Waals surface area contributed by atoms with E-state index in [1.807, 2.05) is 30.3 Å². The molecule has 3 aromatic rings. The smallest absolute Gasteiger partial charge is 0.371 e. The van der Waals surface area contributed by atoms with Gasteiger partial charge in [0.1, 0.15) is 17.2 Å². The van der Waals surface area contributed by atoms with Gasteiger partial charge in [0.05, 0.1) is 18.8 Å². The summed E-state index contributed by atoms with van der Waals surface area (Å²) in [6, 6.07) is 11.6. The van der Waals surface area contributed by atoms with Crippen molar-refractivity contribution in [1.29, 1.82) is 0 Å². The van der Waals surface area contributed by atoms with E-state index in [1.54, 1.807) is 6.08 Å². The van der Waals surface area contributed by atoms with Crippen LogP contribution in [0.1, 0.15) is 60.1 Å². The number of benzene rings is 1. The number of aryl methyl sites for hydroxylation is 1. The second-order valence-corrected chi connectivity index (χ2v) is 12.4. The molecule has 0 radical (unpaired) electrons. The fourth-order valence-corrected chi connectivity index (χ4v) is 6.64. The average molecular weight is 665 g/mol. The molecule has 3 aliphatic rings. The Balaban J connectivity index is 1.13. The van der Waals surface area contributed by atoms with E-state index in [-0.39, 0.29) is 37.1 Å². The molecule has 0 bridgehead atoms. The monoisotopic (exact) mass is 664 g/mol. The normalized spacial score (nSPS) is 18.7. The van der Waals surface area contributed by atoms with Crippen LogP contribution in [0.3, 0.4) is 0 Å². The highest BCUT2D eigenvalue weighted by Crippen LogP contribution is 2.36. The minimum Gasteiger partial charge on any atom is -0.371 e. The van der Waals surface area contributed by atoms with Gasteiger partial charge in [0.2, 0.25) is 5.95 Å². The third kappa shape index (κ3) is 7.23. The number of hydrogen-bond acceptors (Lipinski definition) is 9. The third-order valence-corrected chi connectivity index (χ3v) is 9.28. The second kappa shape index (κ2) is 13.8. The maximum Gasteiger partial charge on any atom is 0.471 e. The third-order valence-electron chi connectivity index (χ3n) is 9.28. The van der Waals surface area contributed by atoms with Crippen LogP contribution < -0.4 is 20.9 Å². The van der Waals surface area contributed by atoms with Gasteiger partial charge in [-0.25, -0.2) is 9.97 Å². The van der Waals surface area contributed by atoms with Crippen molar-refractivity contribution in [3.8, 4) is 0 Å². The molecule has 1 aliphatic carbocycles. The lowest BCUT2D eigenvalue weighted by molar-refractivity contribution is -0.198. The summed E-state index contributed by atoms with van der Waals surface area (Å²) in [6.07, 6.45) is 2.28. The van der Waals surface area contributed by atoms with Gasteiger partial charge >= 0.3 is 12.1 Å². The molecule has 2 amide bonds. The van der Waals surface area contributed by atoms with Crippen LogP contribution in [0.25, 0.3) is 0 Å². The average Bonchev–Trinajstić information content (AvgIpc) is 3.50. The Morgan fingerprint density at radius 2 is 1.85 bits per heavy atom. The minimum atomic E-state index is -4.89. The molecule has 1 aromatic carbocycles. The van der Waals surface area contributed by atoms with Gasteiger partial charge in [0.25, 0.3) is 5.91 Å². The predicted molar refractivity (Wildman–Crippen MR) is 176 cm³/mol. The van der Waals surface area contributed by atoms with E-state index in [0.717, 1.165) is 41.2 Å². The summed E-state index contributed by atoms with van der Waals surface area (Å²) in [5.74, 6) is -0.547. The molecule has 2 aromatic heterocycles. The Morgan fingerprint density at radius 3 is 2.56 bits per heavy atom. The maximum absolute atomic E-state index is 13.0. The minimum absolute atomic E-state index is 0.0601. The lowest BCUT2D eigenvalue weighted by atomic mass is 9.89. The number of anilines is 5. The van der Waals surface area contributed by atoms with Crippen molar-refractivity contribution in [1.82, 2.24) is 25.2 Å². The van der Waals surface area contributed by atoms with Crippen molar-refractivity contribution < 1.29 is 27.5 Å². The molecule has 4 heterocycles. The van der Waals surface area contributed by atoms with Gasteiger partial charge in [0.15, 0.2) is 0 Å². The van der Waals surface area contributed by atoms with Gasteiger partial charge < -0.3 is 30.5 Å². The first-order valence-corrected chi connectivity index (χ1v) is 16.2. The molecule has 2 aliphatic heterocycles. The second-order valence-electron chi connectivity index (χ2n) is 12.4. The van der Waals surface area contributed by atoms with Crippen molar-refractivity contribution >= 4 is 40.8 Å². The van der Waals surface area contributed by atoms with Crippen molar-refractivity contribution in [2.24, 2.45) is 0 Å². The standard InChI is InChI=1S/C34H39F3N8O3/c1-3-15-38-30(46)26-20-39-32(43-29(26)42-27-12-7-23-6-5-22(4-2)28(23)41-27)40-24-8-10-25(11-9-24)44-16-13-33(14-17-44)21-45(18-19-48-33)31(47)34(35,36)37/h3,7-12,20,22H,1,4-6,13-19,21H2,2H3,(H,38,46)(H2,39,40,41,42,43). The highest BCUT2D eigenvalue weighted by atomic mass is 19.4. The molecule has 6 rings (SSSR count). The van der Waals surface area contributed by atoms with Crippen LogP contribution in [-0.2, 0) is 16.0 Å². The fourth-order valence-electron chi connectivity index (χ4n) is 6.64. The Morgan fingerprint density at radius 1 is 1.08 bits per heavy atom. The number of halogens is 3. The van der Waals surface area contributed by atoms with E-state index >= 15 is 0 Å². The highest BCUT2D eigenvalue weighted by Gasteiger charge is 2.48. The van der Waals surface area contributed by atoms with E-state index in [4.69, 9.17) is 9.72 Å². The van der Waals surface area contributed by atoms with Crippen molar-refractivity contribution in [2.45, 2.75) is 56.7 Å². The summed E-state index contributed by atoms with van der Waals surface area (Å²) in [6.45, 7) is 7.23. The number of morpholine rings is 1. The Bertz CT molecular complexity index is 1660. The Hall–Kier alpha value is -4.72. The summed E-state index contributed by atoms with van der Waals surface area (Å²) in [7, 11) is 0. The van der Waals surface area contributed by atoms with Gasteiger partial charge in [-0.15, -0.1) is 6.58 Å². The first-order valence-electron chi connectivity index (χ1n) is 16.2. The van der Waals surface area contributed by atoms with E-state index in [2.05, 4.69) is 50.4 Å². The quantitative estimate of drug-likeness (QED) is 0.255. The number of fused-ring (bicyclic) bond motifs is 1. The SMILES string of the molecule is C=CCNC(=O)c1cnc(Nc2ccc(N3CCC4(CC3)CN(C(=O)C(F)(F)F)CCO4)cc2)nc1Nc1ccc2c(n1)C(CC)CC2. The van der Waals surface area contributed by atoms with Crippen LogP contribution in [-0.4, -0.2) is 82.8 Å². The number of nitrogens with one attached hydrogen (secondary N) is 3. The van der Waals surface area contributed by atoms with Crippen LogP contribution in [0.2, 0.25) is 0 Å². The molecule has 1 unspecified atom stereocenters. The van der Waals surface area contributed by atoms with Gasteiger partial charge in [0, 0.05) is 55.4 Å². The number of carbonyl (C=O) groups is 2. The summed E-state index contributed by atoms with van der Waals surface area (Å²) in [5, 5.41) is 9.22. The zero-order chi connectivity index (χ0) is 33.9. The van der Waals surface area contributed by atoms with Crippen LogP contribution in [0.15, 0.2) is 55.3 Å². The summed E-state index contributed by atoms with van der Waals surface area (Å²) >= 11 is 0. The number of ether oxygens (including phenoxy) is 1. The topological polar surface area (TPSA) is 125 Å². The number of carbonyl (C=O) groups excluding carboxylic acids is 2. The lowest BCUT2D eigenvalue weighted by Gasteiger charge is -2.47. The summed E-state index contributed by atoms with van der Waals surface area (Å²) in [5.41, 5.74) is 3.49. The summed E-state index contributed by atoms with van der Waals surface area (Å²) < 4.78 is 45.0. The molecule has 1 atom stereocenters. The largest absolute Gasteiger partial charge is 0.471 e. The van der Waals surface area contributed by atoms with Crippen LogP contribution in [0, 0.1) is 0 Å². The van der Waals surface area contributed by atoms with Crippen molar-refractivity contribution in [3.63, 3.8) is 0 Å². The molecule has 11 nitrogen and oxygen atoms in total. The van der Waals surface area contributed by atoms with Crippen LogP contribution in [0.4, 0.5) is 42.1 Å². The summed E-state index contributed by atoms with van der Waals surface area (Å²) in [4.78, 5) is 41.7. The van der Waals surface area contributed by atoms with Gasteiger partial charge in [-0.2, -0.15) is 18.2 Å². The number of pyridine rings is 1. The van der Waals surface area contributed by atoms with E-state index in [0.29, 0.717) is 50.0 Å². The van der Waals surface area contributed by atoms with E-state index < -0.39 is 17.7 Å². The van der Waals surface area contributed by atoms with Gasteiger partial charge in [-0.3, -0.25) is 9.59 Å². The first kappa shape index (κ1) is 33.2. The van der Waals surface area contributed by atoms with Gasteiger partial charge in [-0.1, -0.05) is 19.1 Å². The molecule has 48 heavy (non-hydrogen) atoms. The van der Waals surface area contributed by atoms with E-state index in [1.165, 1.54) is 11.8 Å². The predicted octanol–water partition coefficient (Wildman–Crippen LogP) is 5.47. The highest BCUT2D eigenvalue weighted by molar-refractivity contribution is 5.99. The molecule has 14 heteroatoms. The molecule has 3 N–H and O–H groups in total. The molecule has 1 spiro atoms. The van der Waals surface area contributed by atoms with Crippen molar-refractivity contribution in [3.05, 3.63) is 72.1 Å². The Labute approximate surface area is 277 Å². The molecule has 2 saturated heterocycles. The first-order chi connectivity index (χ1) is 23.1. The molecule has 2 fully saturated rings. The number of nitrogens with zero attached hydrogens (tertiary/aromatic N) is 5. The van der Waals surface area contributed by atoms with Gasteiger partial charge in [-0.05, 0) is 68.0 Å². The molecule has 254 valence electrons. The number of aromatic nitrogens is 3. The van der Waals surface area contributed by atoms with E-state index in [9.17, 15) is 22.8 Å². The number of piperidine rings is 1. The maximum atomic E-state index is 13.0. The number of amides is 2. The van der Waals surface area contributed by atoms with Crippen molar-refractivity contribution in [2.75, 3.05) is 54.9 Å². The fraction of sp³-hybridized carbons (Fsp3) is 0.441. The molecular weight excluding hydrogens is 625 g/mol. The zero-order valence-corrected chi connectivity index (χ0v) is 26.8. The molecule has 0 saturated carbocycles. The number of hydrogen-bond donors (Lipinski definition) is 3. The van der Waals surface area contributed by atoms with Crippen LogP contribution in [0.5, 0.6) is 0 Å². The Kier molecular flexibility index (Phi) is 9.54.